The fourth-order valence-corrected chi connectivity index (χ4v) is 2.23. The van der Waals surface area contributed by atoms with Crippen molar-refractivity contribution in [1.82, 2.24) is 14.8 Å². The number of rotatable bonds is 4. The molecule has 6 heteroatoms. The van der Waals surface area contributed by atoms with Crippen molar-refractivity contribution in [3.05, 3.63) is 77.4 Å². The van der Waals surface area contributed by atoms with Crippen molar-refractivity contribution in [1.29, 1.82) is 0 Å². The summed E-state index contributed by atoms with van der Waals surface area (Å²) in [5.74, 6) is -0.380. The number of nitrogens with one attached hydrogen (secondary N) is 1. The van der Waals surface area contributed by atoms with Crippen LogP contribution in [0.15, 0.2) is 54.9 Å². The predicted molar refractivity (Wildman–Crippen MR) is 84.7 cm³/mol. The molecule has 0 aliphatic carbocycles. The van der Waals surface area contributed by atoms with Gasteiger partial charge in [-0.1, -0.05) is 36.4 Å². The molecule has 23 heavy (non-hydrogen) atoms. The smallest absolute Gasteiger partial charge is 0.258 e. The highest BCUT2D eigenvalue weighted by Gasteiger charge is 2.11. The van der Waals surface area contributed by atoms with Gasteiger partial charge in [-0.2, -0.15) is 0 Å². The minimum absolute atomic E-state index is 0.189. The predicted octanol–water partition coefficient (Wildman–Crippen LogP) is 3.03. The number of amides is 1. The van der Waals surface area contributed by atoms with E-state index in [0.717, 1.165) is 5.56 Å². The van der Waals surface area contributed by atoms with E-state index in [1.54, 1.807) is 30.3 Å². The number of aromatic nitrogens is 3. The Balaban J connectivity index is 1.72. The van der Waals surface area contributed by atoms with Crippen LogP contribution in [-0.2, 0) is 6.54 Å². The average Bonchev–Trinajstić information content (AvgIpc) is 2.97. The first-order valence-corrected chi connectivity index (χ1v) is 7.13. The van der Waals surface area contributed by atoms with Crippen LogP contribution in [0.4, 0.5) is 10.3 Å². The van der Waals surface area contributed by atoms with Gasteiger partial charge in [0.15, 0.2) is 0 Å². The summed E-state index contributed by atoms with van der Waals surface area (Å²) in [7, 11) is 0. The van der Waals surface area contributed by atoms with Crippen LogP contribution in [0.3, 0.4) is 0 Å². The maximum atomic E-state index is 13.6. The number of aryl methyl sites for hydroxylation is 1. The van der Waals surface area contributed by atoms with Crippen LogP contribution in [0, 0.1) is 12.7 Å². The van der Waals surface area contributed by atoms with E-state index in [4.69, 9.17) is 0 Å². The molecule has 1 N–H and O–H groups in total. The zero-order chi connectivity index (χ0) is 16.2. The Labute approximate surface area is 132 Å². The number of nitrogens with zero attached hydrogens (tertiary/aromatic N) is 3. The van der Waals surface area contributed by atoms with Crippen LogP contribution in [0.25, 0.3) is 0 Å². The summed E-state index contributed by atoms with van der Waals surface area (Å²) in [5.41, 5.74) is 1.95. The molecule has 0 saturated carbocycles. The van der Waals surface area contributed by atoms with Gasteiger partial charge in [0, 0.05) is 11.1 Å². The van der Waals surface area contributed by atoms with E-state index in [9.17, 15) is 9.18 Å². The number of anilines is 1. The van der Waals surface area contributed by atoms with Crippen molar-refractivity contribution in [3.63, 3.8) is 0 Å². The number of carbonyl (C=O) groups is 1. The lowest BCUT2D eigenvalue weighted by Gasteiger charge is -2.04. The summed E-state index contributed by atoms with van der Waals surface area (Å²) in [6.07, 6.45) is 1.46. The van der Waals surface area contributed by atoms with Gasteiger partial charge in [0.2, 0.25) is 5.95 Å². The van der Waals surface area contributed by atoms with Gasteiger partial charge >= 0.3 is 0 Å². The molecule has 1 heterocycles. The Bertz CT molecular complexity index is 844. The van der Waals surface area contributed by atoms with Crippen molar-refractivity contribution < 1.29 is 9.18 Å². The van der Waals surface area contributed by atoms with Gasteiger partial charge in [0.05, 0.1) is 6.54 Å². The normalized spacial score (nSPS) is 10.5. The summed E-state index contributed by atoms with van der Waals surface area (Å²) in [4.78, 5) is 16.2. The number of hydrogen-bond acceptors (Lipinski definition) is 3. The molecule has 0 atom stereocenters. The van der Waals surface area contributed by atoms with Crippen molar-refractivity contribution in [2.45, 2.75) is 13.5 Å². The molecule has 1 aromatic heterocycles. The zero-order valence-electron chi connectivity index (χ0n) is 12.5. The highest BCUT2D eigenvalue weighted by molar-refractivity contribution is 6.04. The maximum Gasteiger partial charge on any atom is 0.258 e. The number of hydrogen-bond donors (Lipinski definition) is 1. The second kappa shape index (κ2) is 6.39. The molecule has 2 aromatic carbocycles. The van der Waals surface area contributed by atoms with E-state index in [2.05, 4.69) is 15.4 Å². The number of carbonyl (C=O) groups excluding carboxylic acids is 1. The fourth-order valence-electron chi connectivity index (χ4n) is 2.23. The van der Waals surface area contributed by atoms with E-state index in [1.807, 2.05) is 19.1 Å². The third kappa shape index (κ3) is 3.42. The number of benzene rings is 2. The van der Waals surface area contributed by atoms with Crippen LogP contribution in [0.1, 0.15) is 21.5 Å². The van der Waals surface area contributed by atoms with E-state index in [-0.39, 0.29) is 24.2 Å². The monoisotopic (exact) mass is 310 g/mol. The Morgan fingerprint density at radius 1 is 1.17 bits per heavy atom. The average molecular weight is 310 g/mol. The standard InChI is InChI=1S/C17H15FN4O/c1-12-6-2-4-8-14(12)16(23)20-17-19-11-22(21-17)10-13-7-3-5-9-15(13)18/h2-9,11H,10H2,1H3,(H,20,21,23). The lowest BCUT2D eigenvalue weighted by atomic mass is 10.1. The summed E-state index contributed by atoms with van der Waals surface area (Å²) in [5, 5.41) is 6.79. The molecule has 0 aliphatic heterocycles. The van der Waals surface area contributed by atoms with Crippen molar-refractivity contribution >= 4 is 11.9 Å². The molecule has 116 valence electrons. The molecule has 5 nitrogen and oxygen atoms in total. The number of halogens is 1. The van der Waals surface area contributed by atoms with Gasteiger partial charge in [-0.25, -0.2) is 14.1 Å². The Kier molecular flexibility index (Phi) is 4.14. The summed E-state index contributed by atoms with van der Waals surface area (Å²) >= 11 is 0. The summed E-state index contributed by atoms with van der Waals surface area (Å²) in [6, 6.07) is 13.7. The molecule has 0 bridgehead atoms. The quantitative estimate of drug-likeness (QED) is 0.806. The lowest BCUT2D eigenvalue weighted by molar-refractivity contribution is 0.102. The summed E-state index contributed by atoms with van der Waals surface area (Å²) in [6.45, 7) is 2.11. The Morgan fingerprint density at radius 2 is 1.91 bits per heavy atom. The van der Waals surface area contributed by atoms with Crippen LogP contribution in [0.5, 0.6) is 0 Å². The topological polar surface area (TPSA) is 59.8 Å². The third-order valence-corrected chi connectivity index (χ3v) is 3.44. The molecule has 0 fully saturated rings. The maximum absolute atomic E-state index is 13.6. The first kappa shape index (κ1) is 14.9. The van der Waals surface area contributed by atoms with Gasteiger partial charge in [0.1, 0.15) is 12.1 Å². The fraction of sp³-hybridized carbons (Fsp3) is 0.118. The first-order valence-electron chi connectivity index (χ1n) is 7.13. The molecule has 3 rings (SSSR count). The second-order valence-electron chi connectivity index (χ2n) is 5.13. The second-order valence-corrected chi connectivity index (χ2v) is 5.13. The van der Waals surface area contributed by atoms with Crippen molar-refractivity contribution in [2.75, 3.05) is 5.32 Å². The highest BCUT2D eigenvalue weighted by atomic mass is 19.1. The lowest BCUT2D eigenvalue weighted by Crippen LogP contribution is -2.14. The van der Waals surface area contributed by atoms with Gasteiger partial charge in [-0.3, -0.25) is 10.1 Å². The largest absolute Gasteiger partial charge is 0.289 e. The molecule has 3 aromatic rings. The van der Waals surface area contributed by atoms with Gasteiger partial charge in [-0.05, 0) is 24.6 Å². The highest BCUT2D eigenvalue weighted by Crippen LogP contribution is 2.11. The minimum Gasteiger partial charge on any atom is -0.289 e. The van der Waals surface area contributed by atoms with Gasteiger partial charge in [-0.15, -0.1) is 5.10 Å². The molecule has 1 amide bonds. The third-order valence-electron chi connectivity index (χ3n) is 3.44. The van der Waals surface area contributed by atoms with Crippen LogP contribution in [0.2, 0.25) is 0 Å². The Hall–Kier alpha value is -3.02. The molecule has 0 aliphatic rings. The van der Waals surface area contributed by atoms with Crippen LogP contribution >= 0.6 is 0 Å². The van der Waals surface area contributed by atoms with Crippen LogP contribution < -0.4 is 5.32 Å². The SMILES string of the molecule is Cc1ccccc1C(=O)Nc1ncn(Cc2ccccc2F)n1. The zero-order valence-corrected chi connectivity index (χ0v) is 12.5. The molecule has 0 saturated heterocycles. The Morgan fingerprint density at radius 3 is 2.70 bits per heavy atom. The minimum atomic E-state index is -0.298. The van der Waals surface area contributed by atoms with E-state index >= 15 is 0 Å². The van der Waals surface area contributed by atoms with Gasteiger partial charge < -0.3 is 0 Å². The van der Waals surface area contributed by atoms with Gasteiger partial charge in [0.25, 0.3) is 5.91 Å². The first-order chi connectivity index (χ1) is 11.1. The molecule has 0 radical (unpaired) electrons. The van der Waals surface area contributed by atoms with E-state index < -0.39 is 0 Å². The molecular weight excluding hydrogens is 295 g/mol. The van der Waals surface area contributed by atoms with E-state index in [1.165, 1.54) is 17.1 Å². The van der Waals surface area contributed by atoms with E-state index in [0.29, 0.717) is 11.1 Å². The van der Waals surface area contributed by atoms with Crippen molar-refractivity contribution in [2.24, 2.45) is 0 Å². The molecule has 0 spiro atoms. The summed E-state index contributed by atoms with van der Waals surface area (Å²) < 4.78 is 15.1. The molecule has 0 unspecified atom stereocenters. The van der Waals surface area contributed by atoms with Crippen molar-refractivity contribution in [3.8, 4) is 0 Å². The van der Waals surface area contributed by atoms with Crippen LogP contribution in [-0.4, -0.2) is 20.7 Å². The molecular formula is C17H15FN4O.